The Morgan fingerprint density at radius 2 is 2.12 bits per heavy atom. The molecule has 0 radical (unpaired) electrons. The second kappa shape index (κ2) is 8.22. The van der Waals surface area contributed by atoms with Gasteiger partial charge in [-0.05, 0) is 59.5 Å². The summed E-state index contributed by atoms with van der Waals surface area (Å²) >= 11 is 9.59. The topological polar surface area (TPSA) is 105 Å². The molecule has 176 valence electrons. The molecule has 2 aliphatic rings. The van der Waals surface area contributed by atoms with Gasteiger partial charge in [0, 0.05) is 29.6 Å². The number of pyridine rings is 1. The van der Waals surface area contributed by atoms with Gasteiger partial charge in [0.05, 0.1) is 15.7 Å². The largest absolute Gasteiger partial charge is 0.387 e. The standard InChI is InChI=1S/C24H23BrClN5O3/c1-12-16-4-5-31(22(16)29-11-28-12)23-19(32)20(33)24(34-23)9-15(27-10-24)6-13-2-3-14-8-17(25)21(26)30-18(14)7-13/h2-5,7-8,11,15,19-20,23,27,32-33H,6,9-10H2,1H3. The Balaban J connectivity index is 1.23. The number of aliphatic hydroxyl groups is 2. The maximum Gasteiger partial charge on any atom is 0.164 e. The summed E-state index contributed by atoms with van der Waals surface area (Å²) in [7, 11) is 0. The van der Waals surface area contributed by atoms with E-state index < -0.39 is 24.0 Å². The summed E-state index contributed by atoms with van der Waals surface area (Å²) in [6.45, 7) is 2.36. The summed E-state index contributed by atoms with van der Waals surface area (Å²) in [5, 5.41) is 27.8. The van der Waals surface area contributed by atoms with Gasteiger partial charge in [-0.1, -0.05) is 23.7 Å². The van der Waals surface area contributed by atoms with Gasteiger partial charge >= 0.3 is 0 Å². The van der Waals surface area contributed by atoms with Crippen LogP contribution in [0.3, 0.4) is 0 Å². The molecule has 2 aliphatic heterocycles. The molecule has 34 heavy (non-hydrogen) atoms. The highest BCUT2D eigenvalue weighted by molar-refractivity contribution is 9.10. The Morgan fingerprint density at radius 1 is 1.26 bits per heavy atom. The van der Waals surface area contributed by atoms with Gasteiger partial charge in [-0.2, -0.15) is 0 Å². The van der Waals surface area contributed by atoms with Crippen LogP contribution in [0, 0.1) is 6.92 Å². The van der Waals surface area contributed by atoms with E-state index in [-0.39, 0.29) is 6.04 Å². The molecule has 0 saturated carbocycles. The monoisotopic (exact) mass is 543 g/mol. The zero-order chi connectivity index (χ0) is 23.6. The molecule has 0 aliphatic carbocycles. The zero-order valence-electron chi connectivity index (χ0n) is 18.3. The third-order valence-corrected chi connectivity index (χ3v) is 8.17. The molecule has 4 aromatic rings. The van der Waals surface area contributed by atoms with Gasteiger partial charge in [0.25, 0.3) is 0 Å². The quantitative estimate of drug-likeness (QED) is 0.340. The number of halogens is 2. The minimum absolute atomic E-state index is 0.0787. The average Bonchev–Trinajstić information content (AvgIpc) is 3.49. The van der Waals surface area contributed by atoms with Crippen LogP contribution in [0.2, 0.25) is 5.15 Å². The summed E-state index contributed by atoms with van der Waals surface area (Å²) in [4.78, 5) is 13.1. The molecule has 3 aromatic heterocycles. The van der Waals surface area contributed by atoms with E-state index in [2.05, 4.69) is 42.3 Å². The fourth-order valence-electron chi connectivity index (χ4n) is 5.28. The van der Waals surface area contributed by atoms with Crippen LogP contribution in [0.25, 0.3) is 21.9 Å². The van der Waals surface area contributed by atoms with Gasteiger partial charge in [0.1, 0.15) is 34.9 Å². The minimum atomic E-state index is -1.07. The molecular formula is C24H23BrClN5O3. The van der Waals surface area contributed by atoms with E-state index >= 15 is 0 Å². The van der Waals surface area contributed by atoms with Gasteiger partial charge in [0.15, 0.2) is 6.23 Å². The first kappa shape index (κ1) is 22.3. The molecule has 5 unspecified atom stereocenters. The zero-order valence-corrected chi connectivity index (χ0v) is 20.7. The van der Waals surface area contributed by atoms with Crippen molar-refractivity contribution in [2.24, 2.45) is 0 Å². The Kier molecular flexibility index (Phi) is 5.40. The first-order valence-corrected chi connectivity index (χ1v) is 12.3. The lowest BCUT2D eigenvalue weighted by Crippen LogP contribution is -2.44. The molecule has 1 aromatic carbocycles. The second-order valence-electron chi connectivity index (χ2n) is 9.20. The van der Waals surface area contributed by atoms with Crippen LogP contribution in [0.15, 0.2) is 47.3 Å². The van der Waals surface area contributed by atoms with Crippen molar-refractivity contribution in [2.75, 3.05) is 6.54 Å². The number of nitrogens with one attached hydrogen (secondary N) is 1. The number of aromatic nitrogens is 4. The molecule has 2 saturated heterocycles. The third-order valence-electron chi connectivity index (χ3n) is 7.05. The molecule has 3 N–H and O–H groups in total. The highest BCUT2D eigenvalue weighted by Crippen LogP contribution is 2.43. The van der Waals surface area contributed by atoms with Gasteiger partial charge in [-0.25, -0.2) is 15.0 Å². The van der Waals surface area contributed by atoms with Crippen molar-refractivity contribution in [3.05, 3.63) is 63.7 Å². The fourth-order valence-corrected chi connectivity index (χ4v) is 5.76. The number of rotatable bonds is 3. The van der Waals surface area contributed by atoms with Crippen molar-refractivity contribution in [2.45, 2.75) is 49.8 Å². The molecule has 1 spiro atoms. The van der Waals surface area contributed by atoms with Gasteiger partial charge < -0.3 is 24.8 Å². The van der Waals surface area contributed by atoms with E-state index in [4.69, 9.17) is 16.3 Å². The van der Waals surface area contributed by atoms with Crippen LogP contribution in [-0.4, -0.2) is 60.1 Å². The van der Waals surface area contributed by atoms with Crippen molar-refractivity contribution in [3.8, 4) is 0 Å². The molecule has 0 amide bonds. The van der Waals surface area contributed by atoms with Crippen molar-refractivity contribution in [3.63, 3.8) is 0 Å². The Morgan fingerprint density at radius 3 is 2.97 bits per heavy atom. The number of benzene rings is 1. The highest BCUT2D eigenvalue weighted by Gasteiger charge is 2.57. The van der Waals surface area contributed by atoms with Gasteiger partial charge in [0.2, 0.25) is 0 Å². The first-order chi connectivity index (χ1) is 16.3. The van der Waals surface area contributed by atoms with Crippen LogP contribution in [0.5, 0.6) is 0 Å². The maximum atomic E-state index is 11.0. The first-order valence-electron chi connectivity index (χ1n) is 11.1. The maximum absolute atomic E-state index is 11.0. The number of aryl methyl sites for hydroxylation is 1. The highest BCUT2D eigenvalue weighted by atomic mass is 79.9. The van der Waals surface area contributed by atoms with Crippen molar-refractivity contribution < 1.29 is 14.9 Å². The van der Waals surface area contributed by atoms with Crippen LogP contribution in [0.1, 0.15) is 23.9 Å². The summed E-state index contributed by atoms with van der Waals surface area (Å²) in [5.41, 5.74) is 2.60. The number of aliphatic hydroxyl groups excluding tert-OH is 2. The summed E-state index contributed by atoms with van der Waals surface area (Å²) in [6, 6.07) is 10.1. The van der Waals surface area contributed by atoms with Crippen LogP contribution >= 0.6 is 27.5 Å². The van der Waals surface area contributed by atoms with Crippen LogP contribution < -0.4 is 5.32 Å². The molecule has 10 heteroatoms. The Hall–Kier alpha value is -2.14. The van der Waals surface area contributed by atoms with Gasteiger partial charge in [-0.15, -0.1) is 0 Å². The number of hydrogen-bond donors (Lipinski definition) is 3. The van der Waals surface area contributed by atoms with Crippen molar-refractivity contribution in [1.29, 1.82) is 0 Å². The number of nitrogens with zero attached hydrogens (tertiary/aromatic N) is 4. The second-order valence-corrected chi connectivity index (χ2v) is 10.4. The molecule has 8 nitrogen and oxygen atoms in total. The molecule has 0 bridgehead atoms. The summed E-state index contributed by atoms with van der Waals surface area (Å²) in [6.07, 6.45) is 1.82. The van der Waals surface area contributed by atoms with E-state index in [9.17, 15) is 10.2 Å². The minimum Gasteiger partial charge on any atom is -0.387 e. The lowest BCUT2D eigenvalue weighted by atomic mass is 9.90. The number of hydrogen-bond acceptors (Lipinski definition) is 7. The van der Waals surface area contributed by atoms with E-state index in [1.165, 1.54) is 6.33 Å². The lowest BCUT2D eigenvalue weighted by Gasteiger charge is -2.26. The molecule has 5 atom stereocenters. The summed E-state index contributed by atoms with van der Waals surface area (Å²) < 4.78 is 8.96. The molecular weight excluding hydrogens is 522 g/mol. The lowest BCUT2D eigenvalue weighted by molar-refractivity contribution is -0.0911. The predicted molar refractivity (Wildman–Crippen MR) is 132 cm³/mol. The van der Waals surface area contributed by atoms with Crippen LogP contribution in [-0.2, 0) is 11.2 Å². The van der Waals surface area contributed by atoms with Crippen LogP contribution in [0.4, 0.5) is 0 Å². The van der Waals surface area contributed by atoms with E-state index in [0.29, 0.717) is 23.8 Å². The van der Waals surface area contributed by atoms with E-state index in [0.717, 1.165) is 38.4 Å². The molecule has 2 fully saturated rings. The average molecular weight is 545 g/mol. The smallest absolute Gasteiger partial charge is 0.164 e. The van der Waals surface area contributed by atoms with E-state index in [1.807, 2.05) is 37.4 Å². The SMILES string of the molecule is Cc1ncnc2c1ccn2C1OC2(CNC(Cc3ccc4cc(Br)c(Cl)nc4c3)C2)C(O)C1O. The number of fused-ring (bicyclic) bond motifs is 2. The van der Waals surface area contributed by atoms with E-state index in [1.54, 1.807) is 4.57 Å². The Bertz CT molecular complexity index is 1410. The van der Waals surface area contributed by atoms with Crippen molar-refractivity contribution in [1.82, 2.24) is 24.8 Å². The normalized spacial score (nSPS) is 29.1. The Labute approximate surface area is 209 Å². The molecule has 5 heterocycles. The predicted octanol–water partition coefficient (Wildman–Crippen LogP) is 3.30. The van der Waals surface area contributed by atoms with Crippen molar-refractivity contribution >= 4 is 49.5 Å². The molecule has 6 rings (SSSR count). The summed E-state index contributed by atoms with van der Waals surface area (Å²) in [5.74, 6) is 0. The van der Waals surface area contributed by atoms with Gasteiger partial charge in [-0.3, -0.25) is 0 Å². The number of ether oxygens (including phenoxy) is 1. The fraction of sp³-hybridized carbons (Fsp3) is 0.375. The third kappa shape index (κ3) is 3.54.